The van der Waals surface area contributed by atoms with Gasteiger partial charge in [0.1, 0.15) is 5.82 Å². The predicted octanol–water partition coefficient (Wildman–Crippen LogP) is 2.92. The molecule has 0 spiro atoms. The number of halogens is 4. The van der Waals surface area contributed by atoms with Crippen molar-refractivity contribution in [2.45, 2.75) is 18.3 Å². The van der Waals surface area contributed by atoms with E-state index in [-0.39, 0.29) is 16.3 Å². The third-order valence-electron chi connectivity index (χ3n) is 3.54. The Kier molecular flexibility index (Phi) is 3.67. The van der Waals surface area contributed by atoms with Crippen molar-refractivity contribution in [1.82, 2.24) is 5.01 Å². The molecule has 2 aromatic rings. The Labute approximate surface area is 132 Å². The molecule has 126 valence electrons. The minimum atomic E-state index is -5.15. The first-order chi connectivity index (χ1) is 11.2. The molecular weight excluding hydrogens is 332 g/mol. The number of alkyl halides is 3. The van der Waals surface area contributed by atoms with Crippen LogP contribution in [0, 0.1) is 5.82 Å². The summed E-state index contributed by atoms with van der Waals surface area (Å²) in [5.74, 6) is -2.22. The van der Waals surface area contributed by atoms with Gasteiger partial charge in [-0.25, -0.2) is 4.39 Å². The molecule has 0 saturated carbocycles. The Balaban J connectivity index is 2.03. The maximum absolute atomic E-state index is 13.3. The van der Waals surface area contributed by atoms with Crippen LogP contribution in [-0.2, 0) is 0 Å². The molecule has 1 aliphatic rings. The van der Waals surface area contributed by atoms with E-state index in [1.807, 2.05) is 0 Å². The Morgan fingerprint density at radius 3 is 2.46 bits per heavy atom. The summed E-state index contributed by atoms with van der Waals surface area (Å²) in [6.45, 7) is 0. The molecule has 1 atom stereocenters. The number of furan rings is 1. The standard InChI is InChI=1S/C15H10F4N2O3/c16-10-5-3-9(4-6-10)11-8-14(23,15(17,18)19)21(20-11)13(22)12-2-1-7-24-12/h1-7,23H,8H2/t14-/m0/s1. The Morgan fingerprint density at radius 2 is 1.92 bits per heavy atom. The average Bonchev–Trinajstić information content (AvgIpc) is 3.15. The van der Waals surface area contributed by atoms with Gasteiger partial charge in [0.25, 0.3) is 5.72 Å². The van der Waals surface area contributed by atoms with E-state index in [2.05, 4.69) is 5.10 Å². The first-order valence-electron chi connectivity index (χ1n) is 6.73. The second-order valence-electron chi connectivity index (χ2n) is 5.14. The number of amides is 1. The molecule has 9 heteroatoms. The van der Waals surface area contributed by atoms with Crippen LogP contribution in [0.4, 0.5) is 17.6 Å². The van der Waals surface area contributed by atoms with Crippen molar-refractivity contribution in [3.05, 3.63) is 59.8 Å². The lowest BCUT2D eigenvalue weighted by Crippen LogP contribution is -2.56. The Hall–Kier alpha value is -2.68. The van der Waals surface area contributed by atoms with Crippen LogP contribution >= 0.6 is 0 Å². The van der Waals surface area contributed by atoms with Crippen molar-refractivity contribution in [3.8, 4) is 0 Å². The van der Waals surface area contributed by atoms with Crippen LogP contribution < -0.4 is 0 Å². The lowest BCUT2D eigenvalue weighted by atomic mass is 10.0. The third kappa shape index (κ3) is 2.56. The predicted molar refractivity (Wildman–Crippen MR) is 73.4 cm³/mol. The van der Waals surface area contributed by atoms with Gasteiger partial charge in [0.05, 0.1) is 18.4 Å². The quantitative estimate of drug-likeness (QED) is 0.854. The molecular formula is C15H10F4N2O3. The summed E-state index contributed by atoms with van der Waals surface area (Å²) in [4.78, 5) is 12.2. The maximum Gasteiger partial charge on any atom is 0.438 e. The van der Waals surface area contributed by atoms with Gasteiger partial charge in [-0.2, -0.15) is 23.3 Å². The summed E-state index contributed by atoms with van der Waals surface area (Å²) in [5, 5.41) is 13.7. The number of carbonyl (C=O) groups is 1. The van der Waals surface area contributed by atoms with Gasteiger partial charge in [0, 0.05) is 0 Å². The van der Waals surface area contributed by atoms with Crippen LogP contribution in [0.1, 0.15) is 22.5 Å². The molecule has 1 aromatic heterocycles. The lowest BCUT2D eigenvalue weighted by Gasteiger charge is -2.31. The van der Waals surface area contributed by atoms with Crippen molar-refractivity contribution >= 4 is 11.6 Å². The molecule has 2 heterocycles. The van der Waals surface area contributed by atoms with Crippen LogP contribution in [0.3, 0.4) is 0 Å². The fourth-order valence-electron chi connectivity index (χ4n) is 2.29. The zero-order valence-electron chi connectivity index (χ0n) is 11.9. The van der Waals surface area contributed by atoms with Gasteiger partial charge < -0.3 is 9.52 Å². The number of rotatable bonds is 2. The molecule has 24 heavy (non-hydrogen) atoms. The van der Waals surface area contributed by atoms with Crippen LogP contribution in [0.2, 0.25) is 0 Å². The van der Waals surface area contributed by atoms with E-state index in [4.69, 9.17) is 4.42 Å². The number of hydrazone groups is 1. The number of carbonyl (C=O) groups excluding carboxylic acids is 1. The van der Waals surface area contributed by atoms with E-state index in [1.165, 1.54) is 18.2 Å². The highest BCUT2D eigenvalue weighted by molar-refractivity contribution is 6.04. The molecule has 0 fully saturated rings. The highest BCUT2D eigenvalue weighted by Gasteiger charge is 2.63. The van der Waals surface area contributed by atoms with Crippen LogP contribution in [0.5, 0.6) is 0 Å². The van der Waals surface area contributed by atoms with E-state index < -0.39 is 35.8 Å². The van der Waals surface area contributed by atoms with Crippen molar-refractivity contribution in [3.63, 3.8) is 0 Å². The van der Waals surface area contributed by atoms with Gasteiger partial charge in [-0.05, 0) is 29.8 Å². The zero-order chi connectivity index (χ0) is 17.5. The normalized spacial score (nSPS) is 21.0. The molecule has 1 aliphatic heterocycles. The van der Waals surface area contributed by atoms with E-state index in [0.29, 0.717) is 0 Å². The number of nitrogens with zero attached hydrogens (tertiary/aromatic N) is 2. The molecule has 1 amide bonds. The summed E-state index contributed by atoms with van der Waals surface area (Å²) in [6, 6.07) is 6.99. The summed E-state index contributed by atoms with van der Waals surface area (Å²) in [6.07, 6.45) is -5.02. The minimum Gasteiger partial charge on any atom is -0.459 e. The van der Waals surface area contributed by atoms with Gasteiger partial charge in [0.15, 0.2) is 5.76 Å². The first-order valence-corrected chi connectivity index (χ1v) is 6.73. The van der Waals surface area contributed by atoms with Crippen molar-refractivity contribution in [2.24, 2.45) is 5.10 Å². The monoisotopic (exact) mass is 342 g/mol. The van der Waals surface area contributed by atoms with Gasteiger partial charge in [0.2, 0.25) is 0 Å². The Bertz CT molecular complexity index is 784. The van der Waals surface area contributed by atoms with E-state index in [1.54, 1.807) is 0 Å². The highest BCUT2D eigenvalue weighted by atomic mass is 19.4. The third-order valence-corrected chi connectivity index (χ3v) is 3.54. The molecule has 0 unspecified atom stereocenters. The van der Waals surface area contributed by atoms with Crippen molar-refractivity contribution in [1.29, 1.82) is 0 Å². The summed E-state index contributed by atoms with van der Waals surface area (Å²) in [7, 11) is 0. The van der Waals surface area contributed by atoms with Gasteiger partial charge in [-0.15, -0.1) is 0 Å². The smallest absolute Gasteiger partial charge is 0.438 e. The van der Waals surface area contributed by atoms with Crippen molar-refractivity contribution in [2.75, 3.05) is 0 Å². The lowest BCUT2D eigenvalue weighted by molar-refractivity contribution is -0.297. The molecule has 0 aliphatic carbocycles. The van der Waals surface area contributed by atoms with Crippen LogP contribution in [0.15, 0.2) is 52.2 Å². The summed E-state index contributed by atoms with van der Waals surface area (Å²) < 4.78 is 57.8. The topological polar surface area (TPSA) is 66.0 Å². The highest BCUT2D eigenvalue weighted by Crippen LogP contribution is 2.42. The largest absolute Gasteiger partial charge is 0.459 e. The minimum absolute atomic E-state index is 0.0511. The average molecular weight is 342 g/mol. The molecule has 0 bridgehead atoms. The van der Waals surface area contributed by atoms with E-state index >= 15 is 0 Å². The number of hydrogen-bond acceptors (Lipinski definition) is 4. The number of hydrogen-bond donors (Lipinski definition) is 1. The maximum atomic E-state index is 13.3. The summed E-state index contributed by atoms with van der Waals surface area (Å²) in [5.41, 5.74) is -3.55. The SMILES string of the molecule is O=C(c1ccco1)N1N=C(c2ccc(F)cc2)C[C@]1(O)C(F)(F)F. The van der Waals surface area contributed by atoms with Crippen LogP contribution in [0.25, 0.3) is 0 Å². The summed E-state index contributed by atoms with van der Waals surface area (Å²) >= 11 is 0. The number of benzene rings is 1. The van der Waals surface area contributed by atoms with Crippen LogP contribution in [-0.4, -0.2) is 33.6 Å². The Morgan fingerprint density at radius 1 is 1.25 bits per heavy atom. The van der Waals surface area contributed by atoms with Gasteiger partial charge >= 0.3 is 12.1 Å². The van der Waals surface area contributed by atoms with Crippen molar-refractivity contribution < 1.29 is 31.9 Å². The van der Waals surface area contributed by atoms with Gasteiger partial charge in [-0.1, -0.05) is 12.1 Å². The molecule has 1 aromatic carbocycles. The van der Waals surface area contributed by atoms with E-state index in [9.17, 15) is 27.5 Å². The first kappa shape index (κ1) is 16.2. The fraction of sp³-hybridized carbons (Fsp3) is 0.200. The van der Waals surface area contributed by atoms with E-state index in [0.717, 1.165) is 24.5 Å². The molecule has 5 nitrogen and oxygen atoms in total. The fourth-order valence-corrected chi connectivity index (χ4v) is 2.29. The molecule has 0 saturated heterocycles. The second kappa shape index (κ2) is 5.45. The molecule has 0 radical (unpaired) electrons. The van der Waals surface area contributed by atoms with Gasteiger partial charge in [-0.3, -0.25) is 4.79 Å². The zero-order valence-corrected chi connectivity index (χ0v) is 11.9. The number of aliphatic hydroxyl groups is 1. The molecule has 1 N–H and O–H groups in total. The second-order valence-corrected chi connectivity index (χ2v) is 5.14. The molecule has 3 rings (SSSR count).